The van der Waals surface area contributed by atoms with Gasteiger partial charge in [-0.2, -0.15) is 0 Å². The van der Waals surface area contributed by atoms with Crippen molar-refractivity contribution in [2.45, 2.75) is 13.0 Å². The quantitative estimate of drug-likeness (QED) is 0.402. The number of carbonyl (C=O) groups excluding carboxylic acids is 1. The summed E-state index contributed by atoms with van der Waals surface area (Å²) in [5.41, 5.74) is 2.09. The van der Waals surface area contributed by atoms with Crippen molar-refractivity contribution in [2.75, 3.05) is 0 Å². The third kappa shape index (κ3) is 3.61. The van der Waals surface area contributed by atoms with Crippen molar-refractivity contribution in [3.05, 3.63) is 102 Å². The minimum atomic E-state index is -0.437. The summed E-state index contributed by atoms with van der Waals surface area (Å²) in [6.07, 6.45) is 3.57. The molecule has 4 rings (SSSR count). The fourth-order valence-corrected chi connectivity index (χ4v) is 3.47. The second kappa shape index (κ2) is 7.46. The molecule has 4 aromatic carbocycles. The lowest BCUT2D eigenvalue weighted by atomic mass is 9.98. The number of rotatable bonds is 4. The van der Waals surface area contributed by atoms with E-state index in [0.29, 0.717) is 0 Å². The second-order valence-corrected chi connectivity index (χ2v) is 6.53. The Bertz CT molecular complexity index is 1130. The molecule has 0 radical (unpaired) electrons. The summed E-state index contributed by atoms with van der Waals surface area (Å²) >= 11 is 0. The van der Waals surface area contributed by atoms with Crippen molar-refractivity contribution in [1.29, 1.82) is 0 Å². The number of benzene rings is 4. The first kappa shape index (κ1) is 17.0. The van der Waals surface area contributed by atoms with Crippen molar-refractivity contribution >= 4 is 33.6 Å². The van der Waals surface area contributed by atoms with Gasteiger partial charge in [0.1, 0.15) is 6.10 Å². The SMILES string of the molecule is CC(=O)O[C@H](/C=C/c1cccc2ccccc12)c1cccc2ccccc12. The lowest BCUT2D eigenvalue weighted by Crippen LogP contribution is -2.06. The number of hydrogen-bond acceptors (Lipinski definition) is 2. The van der Waals surface area contributed by atoms with Crippen LogP contribution in [0.15, 0.2) is 91.0 Å². The molecule has 0 fully saturated rings. The van der Waals surface area contributed by atoms with Gasteiger partial charge >= 0.3 is 5.97 Å². The van der Waals surface area contributed by atoms with E-state index in [-0.39, 0.29) is 5.97 Å². The van der Waals surface area contributed by atoms with E-state index in [9.17, 15) is 4.79 Å². The van der Waals surface area contributed by atoms with Crippen molar-refractivity contribution < 1.29 is 9.53 Å². The lowest BCUT2D eigenvalue weighted by molar-refractivity contribution is -0.144. The zero-order valence-electron chi connectivity index (χ0n) is 15.1. The number of fused-ring (bicyclic) bond motifs is 2. The zero-order valence-corrected chi connectivity index (χ0v) is 15.1. The molecule has 4 aromatic rings. The highest BCUT2D eigenvalue weighted by molar-refractivity contribution is 5.91. The molecule has 0 spiro atoms. The average Bonchev–Trinajstić information content (AvgIpc) is 2.70. The molecule has 0 aliphatic heterocycles. The normalized spacial score (nSPS) is 12.5. The fraction of sp³-hybridized carbons (Fsp3) is 0.0800. The Hall–Kier alpha value is -3.39. The van der Waals surface area contributed by atoms with Gasteiger partial charge < -0.3 is 4.74 Å². The number of hydrogen-bond donors (Lipinski definition) is 0. The molecule has 2 heteroatoms. The number of carbonyl (C=O) groups is 1. The first-order chi connectivity index (χ1) is 13.2. The fourth-order valence-electron chi connectivity index (χ4n) is 3.47. The Kier molecular flexibility index (Phi) is 4.71. The van der Waals surface area contributed by atoms with Crippen LogP contribution in [0, 0.1) is 0 Å². The molecule has 0 bridgehead atoms. The molecule has 2 nitrogen and oxygen atoms in total. The summed E-state index contributed by atoms with van der Waals surface area (Å²) in [6.45, 7) is 1.45. The van der Waals surface area contributed by atoms with E-state index in [4.69, 9.17) is 4.74 Å². The third-order valence-corrected chi connectivity index (χ3v) is 4.70. The van der Waals surface area contributed by atoms with Gasteiger partial charge in [-0.3, -0.25) is 4.79 Å². The maximum Gasteiger partial charge on any atom is 0.303 e. The van der Waals surface area contributed by atoms with Crippen LogP contribution < -0.4 is 0 Å². The van der Waals surface area contributed by atoms with Crippen LogP contribution in [-0.2, 0) is 9.53 Å². The largest absolute Gasteiger partial charge is 0.453 e. The smallest absolute Gasteiger partial charge is 0.303 e. The summed E-state index contributed by atoms with van der Waals surface area (Å²) in [4.78, 5) is 11.7. The number of esters is 1. The molecule has 27 heavy (non-hydrogen) atoms. The van der Waals surface area contributed by atoms with E-state index < -0.39 is 6.10 Å². The molecular formula is C25H20O2. The molecule has 0 saturated carbocycles. The van der Waals surface area contributed by atoms with Crippen LogP contribution in [0.3, 0.4) is 0 Å². The van der Waals surface area contributed by atoms with Crippen LogP contribution in [0.25, 0.3) is 27.6 Å². The van der Waals surface area contributed by atoms with Gasteiger partial charge in [-0.25, -0.2) is 0 Å². The highest BCUT2D eigenvalue weighted by atomic mass is 16.5. The van der Waals surface area contributed by atoms with E-state index >= 15 is 0 Å². The van der Waals surface area contributed by atoms with E-state index in [1.54, 1.807) is 0 Å². The summed E-state index contributed by atoms with van der Waals surface area (Å²) < 4.78 is 5.65. The molecule has 0 aromatic heterocycles. The Morgan fingerprint density at radius 1 is 0.778 bits per heavy atom. The first-order valence-electron chi connectivity index (χ1n) is 9.03. The predicted octanol–water partition coefficient (Wildman–Crippen LogP) is 6.31. The highest BCUT2D eigenvalue weighted by Gasteiger charge is 2.14. The molecule has 132 valence electrons. The molecule has 0 aliphatic carbocycles. The summed E-state index contributed by atoms with van der Waals surface area (Å²) in [7, 11) is 0. The summed E-state index contributed by atoms with van der Waals surface area (Å²) in [5.74, 6) is -0.296. The molecule has 0 heterocycles. The second-order valence-electron chi connectivity index (χ2n) is 6.53. The first-order valence-corrected chi connectivity index (χ1v) is 9.03. The van der Waals surface area contributed by atoms with E-state index in [1.807, 2.05) is 54.6 Å². The molecule has 0 unspecified atom stereocenters. The van der Waals surface area contributed by atoms with Gasteiger partial charge in [0.25, 0.3) is 0 Å². The van der Waals surface area contributed by atoms with Gasteiger partial charge in [-0.15, -0.1) is 0 Å². The predicted molar refractivity (Wildman–Crippen MR) is 111 cm³/mol. The lowest BCUT2D eigenvalue weighted by Gasteiger charge is -2.16. The van der Waals surface area contributed by atoms with E-state index in [0.717, 1.165) is 21.9 Å². The molecule has 0 N–H and O–H groups in total. The van der Waals surface area contributed by atoms with Crippen LogP contribution >= 0.6 is 0 Å². The van der Waals surface area contributed by atoms with Crippen LogP contribution in [0.4, 0.5) is 0 Å². The van der Waals surface area contributed by atoms with E-state index in [1.165, 1.54) is 17.7 Å². The Morgan fingerprint density at radius 2 is 1.37 bits per heavy atom. The molecule has 0 saturated heterocycles. The Balaban J connectivity index is 1.78. The zero-order chi connectivity index (χ0) is 18.6. The average molecular weight is 352 g/mol. The third-order valence-electron chi connectivity index (χ3n) is 4.70. The van der Waals surface area contributed by atoms with Crippen molar-refractivity contribution in [1.82, 2.24) is 0 Å². The molecule has 1 atom stereocenters. The minimum absolute atomic E-state index is 0.296. The van der Waals surface area contributed by atoms with Crippen LogP contribution in [-0.4, -0.2) is 5.97 Å². The van der Waals surface area contributed by atoms with Crippen LogP contribution in [0.2, 0.25) is 0 Å². The van der Waals surface area contributed by atoms with Crippen molar-refractivity contribution in [2.24, 2.45) is 0 Å². The molecule has 0 amide bonds. The Morgan fingerprint density at radius 3 is 2.11 bits per heavy atom. The molecular weight excluding hydrogens is 332 g/mol. The topological polar surface area (TPSA) is 26.3 Å². The maximum atomic E-state index is 11.7. The Labute approximate surface area is 158 Å². The van der Waals surface area contributed by atoms with Crippen LogP contribution in [0.5, 0.6) is 0 Å². The van der Waals surface area contributed by atoms with Gasteiger partial charge in [0.2, 0.25) is 0 Å². The highest BCUT2D eigenvalue weighted by Crippen LogP contribution is 2.29. The van der Waals surface area contributed by atoms with Gasteiger partial charge in [-0.05, 0) is 33.2 Å². The van der Waals surface area contributed by atoms with Crippen molar-refractivity contribution in [3.63, 3.8) is 0 Å². The maximum absolute atomic E-state index is 11.7. The van der Waals surface area contributed by atoms with E-state index in [2.05, 4.69) is 42.5 Å². The van der Waals surface area contributed by atoms with Gasteiger partial charge in [0.15, 0.2) is 0 Å². The minimum Gasteiger partial charge on any atom is -0.453 e. The van der Waals surface area contributed by atoms with Crippen LogP contribution in [0.1, 0.15) is 24.2 Å². The monoisotopic (exact) mass is 352 g/mol. The number of ether oxygens (including phenoxy) is 1. The van der Waals surface area contributed by atoms with Crippen molar-refractivity contribution in [3.8, 4) is 0 Å². The van der Waals surface area contributed by atoms with Gasteiger partial charge in [0, 0.05) is 12.5 Å². The summed E-state index contributed by atoms with van der Waals surface area (Å²) in [6, 6.07) is 28.7. The molecule has 0 aliphatic rings. The van der Waals surface area contributed by atoms with Gasteiger partial charge in [0.05, 0.1) is 0 Å². The van der Waals surface area contributed by atoms with Gasteiger partial charge in [-0.1, -0.05) is 91.0 Å². The standard InChI is InChI=1S/C25H20O2/c1-18(26)27-25(24-15-7-12-20-9-3-5-14-23(20)24)17-16-21-11-6-10-19-8-2-4-13-22(19)21/h2-17,25H,1H3/b17-16+/t25-/m1/s1. The summed E-state index contributed by atoms with van der Waals surface area (Å²) in [5, 5.41) is 4.59.